The summed E-state index contributed by atoms with van der Waals surface area (Å²) in [6.07, 6.45) is 0. The van der Waals surface area contributed by atoms with Crippen LogP contribution >= 0.6 is 23.1 Å². The van der Waals surface area contributed by atoms with Crippen molar-refractivity contribution in [3.8, 4) is 0 Å². The molecular weight excluding hydrogens is 428 g/mol. The number of carbonyl (C=O) groups excluding carboxylic acids is 2. The highest BCUT2D eigenvalue weighted by Gasteiger charge is 2.58. The molecule has 3 rings (SSSR count). The number of β-lactam (4-membered cyclic amide) rings is 1. The highest BCUT2D eigenvalue weighted by Crippen LogP contribution is 2.39. The van der Waals surface area contributed by atoms with Crippen LogP contribution in [0.5, 0.6) is 0 Å². The molecule has 3 N–H and O–H groups in total. The van der Waals surface area contributed by atoms with E-state index in [2.05, 4.69) is 20.3 Å². The molecule has 2 aliphatic heterocycles. The molecule has 1 aromatic rings. The molecule has 2 fully saturated rings. The van der Waals surface area contributed by atoms with Crippen molar-refractivity contribution in [1.82, 2.24) is 15.2 Å². The summed E-state index contributed by atoms with van der Waals surface area (Å²) in [6, 6.07) is -0.889. The third-order valence-corrected chi connectivity index (χ3v) is 6.44. The number of hydrogen-bond donors (Lipinski definition) is 3. The smallest absolute Gasteiger partial charge is 0.344 e. The van der Waals surface area contributed by atoms with E-state index in [1.807, 2.05) is 0 Å². The number of thioether (sulfide) groups is 1. The van der Waals surface area contributed by atoms with Crippen molar-refractivity contribution in [3.05, 3.63) is 16.6 Å². The van der Waals surface area contributed by atoms with E-state index >= 15 is 0 Å². The lowest BCUT2D eigenvalue weighted by molar-refractivity contribution is -0.170. The van der Waals surface area contributed by atoms with Crippen molar-refractivity contribution in [1.29, 1.82) is 0 Å². The minimum absolute atomic E-state index is 0.106. The monoisotopic (exact) mass is 444 g/mol. The van der Waals surface area contributed by atoms with Gasteiger partial charge in [0.15, 0.2) is 11.3 Å². The normalized spacial score (nSPS) is 26.3. The van der Waals surface area contributed by atoms with Crippen LogP contribution in [0.3, 0.4) is 0 Å². The first kappa shape index (κ1) is 21.0. The maximum atomic E-state index is 12.6. The summed E-state index contributed by atoms with van der Waals surface area (Å²) < 4.78 is 5.12. The first-order valence-corrected chi connectivity index (χ1v) is 10.1. The number of carboxylic acid groups (broad SMARTS) is 2. The van der Waals surface area contributed by atoms with Gasteiger partial charge in [0, 0.05) is 18.2 Å². The molecule has 14 heteroatoms. The Balaban J connectivity index is 1.69. The predicted octanol–water partition coefficient (Wildman–Crippen LogP) is -1.18. The van der Waals surface area contributed by atoms with Crippen LogP contribution in [0.15, 0.2) is 16.0 Å². The van der Waals surface area contributed by atoms with Gasteiger partial charge < -0.3 is 30.0 Å². The number of nitrogens with one attached hydrogen (secondary N) is 1. The highest BCUT2D eigenvalue weighted by atomic mass is 32.2. The molecule has 1 aromatic heterocycles. The maximum absolute atomic E-state index is 12.6. The van der Waals surface area contributed by atoms with Gasteiger partial charge in [-0.3, -0.25) is 9.59 Å². The number of thiazole rings is 1. The van der Waals surface area contributed by atoms with Crippen LogP contribution < -0.4 is 5.32 Å². The second-order valence-electron chi connectivity index (χ2n) is 6.10. The van der Waals surface area contributed by atoms with Crippen LogP contribution in [0, 0.1) is 0 Å². The van der Waals surface area contributed by atoms with Gasteiger partial charge >= 0.3 is 11.9 Å². The molecule has 0 aliphatic carbocycles. The molecule has 0 saturated carbocycles. The minimum Gasteiger partial charge on any atom is -0.479 e. The third kappa shape index (κ3) is 4.04. The Morgan fingerprint density at radius 1 is 1.45 bits per heavy atom. The summed E-state index contributed by atoms with van der Waals surface area (Å²) in [5.74, 6) is -3.55. The van der Waals surface area contributed by atoms with Gasteiger partial charge in [-0.1, -0.05) is 5.16 Å². The molecule has 156 valence electrons. The Kier molecular flexibility index (Phi) is 6.04. The summed E-state index contributed by atoms with van der Waals surface area (Å²) >= 11 is 2.37. The molecule has 2 saturated heterocycles. The number of carbonyl (C=O) groups is 4. The molecule has 0 radical (unpaired) electrons. The molecule has 3 atom stereocenters. The number of rotatable bonds is 8. The van der Waals surface area contributed by atoms with E-state index in [1.54, 1.807) is 0 Å². The van der Waals surface area contributed by atoms with Crippen molar-refractivity contribution in [2.45, 2.75) is 17.0 Å². The Hall–Kier alpha value is -2.71. The number of fused-ring (bicyclic) bond motifs is 1. The fourth-order valence-corrected chi connectivity index (χ4v) is 4.83. The Morgan fingerprint density at radius 3 is 2.79 bits per heavy atom. The number of carboxylic acids is 2. The molecule has 2 unspecified atom stereocenters. The topological polar surface area (TPSA) is 168 Å². The average molecular weight is 444 g/mol. The maximum Gasteiger partial charge on any atom is 0.344 e. The SMILES string of the molecule is COC1(C(=O)O)CS[C@@H]2C(NC(=O)C(=NOCC(=O)O)c3cscn3)C(=O)N2C1. The summed E-state index contributed by atoms with van der Waals surface area (Å²) in [7, 11) is 1.27. The first-order valence-electron chi connectivity index (χ1n) is 8.11. The predicted molar refractivity (Wildman–Crippen MR) is 99.5 cm³/mol. The molecular formula is C15H16N4O8S2. The lowest BCUT2D eigenvalue weighted by atomic mass is 9.99. The van der Waals surface area contributed by atoms with Crippen LogP contribution in [-0.4, -0.2) is 92.6 Å². The van der Waals surface area contributed by atoms with Crippen molar-refractivity contribution in [3.63, 3.8) is 0 Å². The zero-order valence-electron chi connectivity index (χ0n) is 14.9. The summed E-state index contributed by atoms with van der Waals surface area (Å²) in [5.41, 5.74) is -0.138. The summed E-state index contributed by atoms with van der Waals surface area (Å²) in [5, 5.41) is 25.2. The van der Waals surface area contributed by atoms with E-state index in [-0.39, 0.29) is 23.7 Å². The van der Waals surface area contributed by atoms with Crippen molar-refractivity contribution >= 4 is 52.6 Å². The molecule has 2 amide bonds. The Bertz CT molecular complexity index is 861. The number of nitrogens with zero attached hydrogens (tertiary/aromatic N) is 3. The van der Waals surface area contributed by atoms with Gasteiger partial charge in [-0.05, 0) is 0 Å². The van der Waals surface area contributed by atoms with Crippen LogP contribution in [0.4, 0.5) is 0 Å². The second-order valence-corrected chi connectivity index (χ2v) is 7.93. The summed E-state index contributed by atoms with van der Waals surface area (Å²) in [4.78, 5) is 57.1. The third-order valence-electron chi connectivity index (χ3n) is 4.36. The second kappa shape index (κ2) is 8.34. The van der Waals surface area contributed by atoms with Gasteiger partial charge in [-0.25, -0.2) is 14.6 Å². The van der Waals surface area contributed by atoms with Crippen molar-refractivity contribution < 1.29 is 39.0 Å². The standard InChI is InChI=1S/C15H16N4O8S2/c1-26-15(14(24)25)4-19-12(23)10(13(19)29-5-15)17-11(22)9(7-3-28-6-16-7)18-27-2-8(20)21/h3,6,10,13H,2,4-5H2,1H3,(H,17,22)(H,20,21)(H,24,25)/t10?,13-,15?/m1/s1. The van der Waals surface area contributed by atoms with Crippen molar-refractivity contribution in [2.24, 2.45) is 5.16 Å². The van der Waals surface area contributed by atoms with E-state index in [0.29, 0.717) is 0 Å². The Morgan fingerprint density at radius 2 is 2.21 bits per heavy atom. The van der Waals surface area contributed by atoms with E-state index in [0.717, 1.165) is 0 Å². The number of amides is 2. The molecule has 12 nitrogen and oxygen atoms in total. The lowest BCUT2D eigenvalue weighted by Gasteiger charge is -2.53. The van der Waals surface area contributed by atoms with Gasteiger partial charge in [0.1, 0.15) is 17.1 Å². The van der Waals surface area contributed by atoms with E-state index in [9.17, 15) is 24.3 Å². The number of aliphatic carboxylic acids is 2. The molecule has 2 aliphatic rings. The van der Waals surface area contributed by atoms with Crippen LogP contribution in [-0.2, 0) is 28.8 Å². The van der Waals surface area contributed by atoms with E-state index < -0.39 is 47.4 Å². The minimum atomic E-state index is -1.50. The van der Waals surface area contributed by atoms with Gasteiger partial charge in [0.2, 0.25) is 12.5 Å². The number of methoxy groups -OCH3 is 1. The molecule has 0 aromatic carbocycles. The van der Waals surface area contributed by atoms with Gasteiger partial charge in [-0.15, -0.1) is 23.1 Å². The number of ether oxygens (including phenoxy) is 1. The molecule has 0 bridgehead atoms. The lowest BCUT2D eigenvalue weighted by Crippen LogP contribution is -2.75. The number of hydrogen-bond acceptors (Lipinski definition) is 10. The van der Waals surface area contributed by atoms with Gasteiger partial charge in [-0.2, -0.15) is 0 Å². The number of aromatic nitrogens is 1. The highest BCUT2D eigenvalue weighted by molar-refractivity contribution is 8.00. The fourth-order valence-electron chi connectivity index (χ4n) is 2.79. The van der Waals surface area contributed by atoms with Gasteiger partial charge in [0.25, 0.3) is 5.91 Å². The number of oxime groups is 1. The first-order chi connectivity index (χ1) is 13.8. The van der Waals surface area contributed by atoms with E-state index in [4.69, 9.17) is 9.84 Å². The molecule has 3 heterocycles. The molecule has 0 spiro atoms. The largest absolute Gasteiger partial charge is 0.479 e. The Labute approximate surface area is 171 Å². The van der Waals surface area contributed by atoms with Crippen LogP contribution in [0.1, 0.15) is 5.69 Å². The quantitative estimate of drug-likeness (QED) is 0.252. The van der Waals surface area contributed by atoms with E-state index in [1.165, 1.54) is 46.0 Å². The van der Waals surface area contributed by atoms with Crippen LogP contribution in [0.2, 0.25) is 0 Å². The van der Waals surface area contributed by atoms with Gasteiger partial charge in [0.05, 0.1) is 12.1 Å². The average Bonchev–Trinajstić information content (AvgIpc) is 3.22. The molecule has 29 heavy (non-hydrogen) atoms. The van der Waals surface area contributed by atoms with Crippen LogP contribution in [0.25, 0.3) is 0 Å². The fraction of sp³-hybridized carbons (Fsp3) is 0.467. The zero-order chi connectivity index (χ0) is 21.2. The summed E-state index contributed by atoms with van der Waals surface area (Å²) in [6.45, 7) is -0.875. The zero-order valence-corrected chi connectivity index (χ0v) is 16.6. The van der Waals surface area contributed by atoms with Crippen molar-refractivity contribution in [2.75, 3.05) is 26.0 Å².